The van der Waals surface area contributed by atoms with E-state index in [4.69, 9.17) is 0 Å². The van der Waals surface area contributed by atoms with E-state index in [2.05, 4.69) is 0 Å². The summed E-state index contributed by atoms with van der Waals surface area (Å²) in [7, 11) is 3.94. The molecule has 2 aromatic rings. The van der Waals surface area contributed by atoms with Crippen molar-refractivity contribution in [1.29, 1.82) is 0 Å². The minimum Gasteiger partial charge on any atom is -0.504 e. The average molecular weight is 332 g/mol. The summed E-state index contributed by atoms with van der Waals surface area (Å²) in [6.45, 7) is 2.29. The zero-order valence-electron chi connectivity index (χ0n) is 14.0. The van der Waals surface area contributed by atoms with Crippen LogP contribution in [0.2, 0.25) is 0 Å². The standard InChI is InChI=1S/C18H24N2O4/c1-19(2)9-10-20(11-13-5-3-7-15(21)17(13)23)12-14-6-4-8-16(22)18(14)24/h3-8,21-24H,9-12H2,1-2H3. The van der Waals surface area contributed by atoms with E-state index in [0.717, 1.165) is 6.54 Å². The zero-order valence-corrected chi connectivity index (χ0v) is 14.0. The molecule has 0 bridgehead atoms. The first kappa shape index (κ1) is 17.9. The van der Waals surface area contributed by atoms with E-state index in [1.165, 1.54) is 12.1 Å². The molecule has 6 heteroatoms. The van der Waals surface area contributed by atoms with Gasteiger partial charge in [0, 0.05) is 37.3 Å². The van der Waals surface area contributed by atoms with Gasteiger partial charge in [-0.2, -0.15) is 0 Å². The number of rotatable bonds is 7. The van der Waals surface area contributed by atoms with Gasteiger partial charge < -0.3 is 25.3 Å². The van der Waals surface area contributed by atoms with Gasteiger partial charge in [0.25, 0.3) is 0 Å². The molecule has 0 heterocycles. The average Bonchev–Trinajstić information content (AvgIpc) is 2.53. The summed E-state index contributed by atoms with van der Waals surface area (Å²) >= 11 is 0. The number of hydrogen-bond donors (Lipinski definition) is 4. The maximum Gasteiger partial charge on any atom is 0.161 e. The van der Waals surface area contributed by atoms with Gasteiger partial charge in [0.05, 0.1) is 0 Å². The third-order valence-electron chi connectivity index (χ3n) is 3.85. The summed E-state index contributed by atoms with van der Waals surface area (Å²) < 4.78 is 0. The van der Waals surface area contributed by atoms with Crippen LogP contribution in [0, 0.1) is 0 Å². The van der Waals surface area contributed by atoms with E-state index in [-0.39, 0.29) is 23.0 Å². The van der Waals surface area contributed by atoms with E-state index < -0.39 is 0 Å². The van der Waals surface area contributed by atoms with Crippen molar-refractivity contribution < 1.29 is 20.4 Å². The van der Waals surface area contributed by atoms with Crippen molar-refractivity contribution in [1.82, 2.24) is 9.80 Å². The van der Waals surface area contributed by atoms with Gasteiger partial charge in [-0.3, -0.25) is 4.90 Å². The van der Waals surface area contributed by atoms with Crippen LogP contribution in [-0.4, -0.2) is 57.4 Å². The lowest BCUT2D eigenvalue weighted by Crippen LogP contribution is -2.31. The van der Waals surface area contributed by atoms with E-state index >= 15 is 0 Å². The molecule has 130 valence electrons. The highest BCUT2D eigenvalue weighted by atomic mass is 16.3. The number of likely N-dealkylation sites (N-methyl/N-ethyl adjacent to an activating group) is 1. The third kappa shape index (κ3) is 4.53. The third-order valence-corrected chi connectivity index (χ3v) is 3.85. The minimum atomic E-state index is -0.153. The first-order valence-electron chi connectivity index (χ1n) is 7.75. The topological polar surface area (TPSA) is 87.4 Å². The molecule has 0 fully saturated rings. The normalized spacial score (nSPS) is 11.3. The Morgan fingerprint density at radius 2 is 1.17 bits per heavy atom. The molecule has 0 amide bonds. The molecule has 0 radical (unpaired) electrons. The zero-order chi connectivity index (χ0) is 17.7. The smallest absolute Gasteiger partial charge is 0.161 e. The molecule has 0 spiro atoms. The number of para-hydroxylation sites is 2. The van der Waals surface area contributed by atoms with Gasteiger partial charge >= 0.3 is 0 Å². The highest BCUT2D eigenvalue weighted by Gasteiger charge is 2.15. The molecule has 0 unspecified atom stereocenters. The Morgan fingerprint density at radius 1 is 0.708 bits per heavy atom. The van der Waals surface area contributed by atoms with Crippen molar-refractivity contribution in [2.45, 2.75) is 13.1 Å². The largest absolute Gasteiger partial charge is 0.504 e. The van der Waals surface area contributed by atoms with Crippen molar-refractivity contribution in [2.24, 2.45) is 0 Å². The Labute approximate surface area is 141 Å². The first-order chi connectivity index (χ1) is 11.4. The SMILES string of the molecule is CN(C)CCN(Cc1cccc(O)c1O)Cc1cccc(O)c1O. The fraction of sp³-hybridized carbons (Fsp3) is 0.333. The first-order valence-corrected chi connectivity index (χ1v) is 7.75. The molecule has 0 aliphatic heterocycles. The van der Waals surface area contributed by atoms with Crippen LogP contribution in [0.3, 0.4) is 0 Å². The van der Waals surface area contributed by atoms with Crippen molar-refractivity contribution in [3.05, 3.63) is 47.5 Å². The highest BCUT2D eigenvalue weighted by Crippen LogP contribution is 2.32. The van der Waals surface area contributed by atoms with Crippen LogP contribution in [0.15, 0.2) is 36.4 Å². The molecule has 2 aromatic carbocycles. The Kier molecular flexibility index (Phi) is 5.89. The summed E-state index contributed by atoms with van der Waals surface area (Å²) in [5.74, 6) is -0.569. The summed E-state index contributed by atoms with van der Waals surface area (Å²) in [4.78, 5) is 4.07. The van der Waals surface area contributed by atoms with Gasteiger partial charge in [-0.05, 0) is 26.2 Å². The van der Waals surface area contributed by atoms with Crippen molar-refractivity contribution in [3.8, 4) is 23.0 Å². The van der Waals surface area contributed by atoms with Gasteiger partial charge in [0.15, 0.2) is 23.0 Å². The molecule has 0 aliphatic rings. The van der Waals surface area contributed by atoms with E-state index in [9.17, 15) is 20.4 Å². The number of phenols is 4. The lowest BCUT2D eigenvalue weighted by Gasteiger charge is -2.25. The number of phenolic OH excluding ortho intramolecular Hbond substituents is 4. The van der Waals surface area contributed by atoms with Crippen LogP contribution in [0.5, 0.6) is 23.0 Å². The van der Waals surface area contributed by atoms with Crippen LogP contribution in [0.1, 0.15) is 11.1 Å². The Bertz CT molecular complexity index is 635. The Hall–Kier alpha value is -2.44. The lowest BCUT2D eigenvalue weighted by atomic mass is 10.1. The maximum absolute atomic E-state index is 10.0. The molecule has 0 saturated heterocycles. The molecule has 0 aromatic heterocycles. The molecule has 4 N–H and O–H groups in total. The molecule has 2 rings (SSSR count). The van der Waals surface area contributed by atoms with Crippen molar-refractivity contribution in [3.63, 3.8) is 0 Å². The maximum atomic E-state index is 10.0. The van der Waals surface area contributed by atoms with Gasteiger partial charge in [0.2, 0.25) is 0 Å². The second-order valence-corrected chi connectivity index (χ2v) is 6.08. The van der Waals surface area contributed by atoms with Crippen LogP contribution >= 0.6 is 0 Å². The Morgan fingerprint density at radius 3 is 1.58 bits per heavy atom. The highest BCUT2D eigenvalue weighted by molar-refractivity contribution is 5.45. The Balaban J connectivity index is 2.21. The fourth-order valence-electron chi connectivity index (χ4n) is 2.45. The number of aromatic hydroxyl groups is 4. The predicted octanol–water partition coefficient (Wildman–Crippen LogP) is 2.07. The summed E-state index contributed by atoms with van der Waals surface area (Å²) in [5.41, 5.74) is 1.21. The van der Waals surface area contributed by atoms with Gasteiger partial charge in [-0.25, -0.2) is 0 Å². The second kappa shape index (κ2) is 7.90. The minimum absolute atomic E-state index is 0.132. The van der Waals surface area contributed by atoms with Gasteiger partial charge in [-0.1, -0.05) is 24.3 Å². The van der Waals surface area contributed by atoms with Crippen LogP contribution in [0.4, 0.5) is 0 Å². The van der Waals surface area contributed by atoms with Crippen LogP contribution in [0.25, 0.3) is 0 Å². The van der Waals surface area contributed by atoms with Crippen LogP contribution in [-0.2, 0) is 13.1 Å². The van der Waals surface area contributed by atoms with E-state index in [0.29, 0.717) is 30.8 Å². The quantitative estimate of drug-likeness (QED) is 0.581. The van der Waals surface area contributed by atoms with Gasteiger partial charge in [0.1, 0.15) is 0 Å². The molecular formula is C18H24N2O4. The van der Waals surface area contributed by atoms with E-state index in [1.54, 1.807) is 24.3 Å². The number of nitrogens with zero attached hydrogens (tertiary/aromatic N) is 2. The molecular weight excluding hydrogens is 308 g/mol. The van der Waals surface area contributed by atoms with E-state index in [1.807, 2.05) is 23.9 Å². The number of hydrogen-bond acceptors (Lipinski definition) is 6. The predicted molar refractivity (Wildman–Crippen MR) is 92.2 cm³/mol. The summed E-state index contributed by atoms with van der Waals surface area (Å²) in [6.07, 6.45) is 0. The summed E-state index contributed by atoms with van der Waals surface area (Å²) in [5, 5.41) is 39.3. The monoisotopic (exact) mass is 332 g/mol. The summed E-state index contributed by atoms with van der Waals surface area (Å²) in [6, 6.07) is 9.73. The van der Waals surface area contributed by atoms with Gasteiger partial charge in [-0.15, -0.1) is 0 Å². The molecule has 0 saturated carbocycles. The fourth-order valence-corrected chi connectivity index (χ4v) is 2.45. The molecule has 24 heavy (non-hydrogen) atoms. The molecule has 6 nitrogen and oxygen atoms in total. The molecule has 0 atom stereocenters. The van der Waals surface area contributed by atoms with Crippen molar-refractivity contribution >= 4 is 0 Å². The van der Waals surface area contributed by atoms with Crippen LogP contribution < -0.4 is 0 Å². The second-order valence-electron chi connectivity index (χ2n) is 6.08. The number of benzene rings is 2. The van der Waals surface area contributed by atoms with Crippen molar-refractivity contribution in [2.75, 3.05) is 27.2 Å². The lowest BCUT2D eigenvalue weighted by molar-refractivity contribution is 0.220. The molecule has 0 aliphatic carbocycles.